The second-order valence-electron chi connectivity index (χ2n) is 4.03. The fourth-order valence-electron chi connectivity index (χ4n) is 1.85. The first kappa shape index (κ1) is 8.70. The van der Waals surface area contributed by atoms with Crippen LogP contribution in [-0.2, 0) is 6.42 Å². The minimum Gasteiger partial charge on any atom is -0.319 e. The third-order valence-corrected chi connectivity index (χ3v) is 2.79. The van der Waals surface area contributed by atoms with E-state index in [1.165, 1.54) is 18.5 Å². The summed E-state index contributed by atoms with van der Waals surface area (Å²) in [6, 6.07) is 6.16. The monoisotopic (exact) mass is 176 g/mol. The summed E-state index contributed by atoms with van der Waals surface area (Å²) in [6.45, 7) is 1.13. The molecule has 1 aliphatic carbocycles. The van der Waals surface area contributed by atoms with Crippen molar-refractivity contribution in [2.75, 3.05) is 13.6 Å². The Balaban J connectivity index is 1.98. The topological polar surface area (TPSA) is 24.9 Å². The van der Waals surface area contributed by atoms with Gasteiger partial charge in [0.15, 0.2) is 0 Å². The van der Waals surface area contributed by atoms with E-state index in [4.69, 9.17) is 0 Å². The van der Waals surface area contributed by atoms with E-state index in [1.807, 2.05) is 19.3 Å². The van der Waals surface area contributed by atoms with Crippen LogP contribution in [0.25, 0.3) is 0 Å². The van der Waals surface area contributed by atoms with Crippen molar-refractivity contribution in [3.8, 4) is 0 Å². The van der Waals surface area contributed by atoms with E-state index in [1.54, 1.807) is 0 Å². The molecule has 1 aromatic rings. The summed E-state index contributed by atoms with van der Waals surface area (Å²) >= 11 is 0. The van der Waals surface area contributed by atoms with Crippen molar-refractivity contribution < 1.29 is 0 Å². The Morgan fingerprint density at radius 1 is 1.46 bits per heavy atom. The molecule has 0 aromatic carbocycles. The zero-order chi connectivity index (χ0) is 9.15. The number of pyridine rings is 1. The molecule has 0 radical (unpaired) electrons. The Morgan fingerprint density at radius 2 is 2.31 bits per heavy atom. The molecule has 70 valence electrons. The number of rotatable bonds is 4. The minimum absolute atomic E-state index is 0.531. The molecule has 0 bridgehead atoms. The van der Waals surface area contributed by atoms with E-state index in [0.717, 1.165) is 13.0 Å². The van der Waals surface area contributed by atoms with Gasteiger partial charge in [0.1, 0.15) is 0 Å². The molecule has 2 nitrogen and oxygen atoms in total. The van der Waals surface area contributed by atoms with Gasteiger partial charge in [0.25, 0.3) is 0 Å². The molecular weight excluding hydrogens is 160 g/mol. The van der Waals surface area contributed by atoms with Crippen molar-refractivity contribution in [2.24, 2.45) is 5.41 Å². The lowest BCUT2D eigenvalue weighted by Gasteiger charge is -2.13. The van der Waals surface area contributed by atoms with Crippen molar-refractivity contribution in [1.29, 1.82) is 0 Å². The van der Waals surface area contributed by atoms with Crippen LogP contribution in [-0.4, -0.2) is 18.6 Å². The van der Waals surface area contributed by atoms with Crippen LogP contribution in [0.4, 0.5) is 0 Å². The molecule has 1 N–H and O–H groups in total. The number of hydrogen-bond acceptors (Lipinski definition) is 2. The van der Waals surface area contributed by atoms with Gasteiger partial charge in [-0.15, -0.1) is 0 Å². The molecule has 0 aliphatic heterocycles. The Labute approximate surface area is 79.4 Å². The maximum atomic E-state index is 4.36. The lowest BCUT2D eigenvalue weighted by atomic mass is 10.00. The lowest BCUT2D eigenvalue weighted by molar-refractivity contribution is 0.473. The van der Waals surface area contributed by atoms with E-state index in [2.05, 4.69) is 22.4 Å². The highest BCUT2D eigenvalue weighted by Gasteiger charge is 2.41. The van der Waals surface area contributed by atoms with Crippen LogP contribution < -0.4 is 5.32 Å². The Bertz CT molecular complexity index is 265. The zero-order valence-electron chi connectivity index (χ0n) is 8.09. The highest BCUT2D eigenvalue weighted by Crippen LogP contribution is 2.47. The predicted octanol–water partition coefficient (Wildman–Crippen LogP) is 1.62. The van der Waals surface area contributed by atoms with Crippen LogP contribution in [0.3, 0.4) is 0 Å². The normalized spacial score (nSPS) is 18.5. The highest BCUT2D eigenvalue weighted by atomic mass is 14.9. The Kier molecular flexibility index (Phi) is 2.32. The van der Waals surface area contributed by atoms with Gasteiger partial charge in [-0.05, 0) is 43.9 Å². The van der Waals surface area contributed by atoms with Gasteiger partial charge in [-0.3, -0.25) is 4.98 Å². The highest BCUT2D eigenvalue weighted by molar-refractivity contribution is 5.10. The van der Waals surface area contributed by atoms with Crippen molar-refractivity contribution in [1.82, 2.24) is 10.3 Å². The quantitative estimate of drug-likeness (QED) is 0.754. The number of aromatic nitrogens is 1. The van der Waals surface area contributed by atoms with Gasteiger partial charge in [-0.2, -0.15) is 0 Å². The molecule has 0 unspecified atom stereocenters. The van der Waals surface area contributed by atoms with Gasteiger partial charge in [0, 0.05) is 18.4 Å². The minimum atomic E-state index is 0.531. The standard InChI is InChI=1S/C11H16N2/c1-12-9-11(5-6-11)8-10-4-2-3-7-13-10/h2-4,7,12H,5-6,8-9H2,1H3. The molecule has 0 amide bonds. The molecule has 1 aliphatic rings. The third-order valence-electron chi connectivity index (χ3n) is 2.79. The maximum Gasteiger partial charge on any atom is 0.0409 e. The molecule has 13 heavy (non-hydrogen) atoms. The molecule has 0 saturated heterocycles. The van der Waals surface area contributed by atoms with Crippen LogP contribution in [0.1, 0.15) is 18.5 Å². The van der Waals surface area contributed by atoms with Gasteiger partial charge >= 0.3 is 0 Å². The summed E-state index contributed by atoms with van der Waals surface area (Å²) in [6.07, 6.45) is 5.72. The molecule has 1 fully saturated rings. The van der Waals surface area contributed by atoms with E-state index >= 15 is 0 Å². The van der Waals surface area contributed by atoms with Crippen LogP contribution in [0, 0.1) is 5.41 Å². The molecule has 0 spiro atoms. The van der Waals surface area contributed by atoms with E-state index in [-0.39, 0.29) is 0 Å². The molecular formula is C11H16N2. The van der Waals surface area contributed by atoms with Crippen molar-refractivity contribution in [3.05, 3.63) is 30.1 Å². The molecule has 1 saturated carbocycles. The Hall–Kier alpha value is -0.890. The van der Waals surface area contributed by atoms with Crippen LogP contribution >= 0.6 is 0 Å². The number of nitrogens with one attached hydrogen (secondary N) is 1. The maximum absolute atomic E-state index is 4.36. The second-order valence-corrected chi connectivity index (χ2v) is 4.03. The average molecular weight is 176 g/mol. The van der Waals surface area contributed by atoms with Gasteiger partial charge in [0.2, 0.25) is 0 Å². The summed E-state index contributed by atoms with van der Waals surface area (Å²) < 4.78 is 0. The van der Waals surface area contributed by atoms with Crippen molar-refractivity contribution >= 4 is 0 Å². The van der Waals surface area contributed by atoms with Crippen LogP contribution in [0.15, 0.2) is 24.4 Å². The van der Waals surface area contributed by atoms with Gasteiger partial charge in [-0.25, -0.2) is 0 Å². The first-order valence-electron chi connectivity index (χ1n) is 4.89. The van der Waals surface area contributed by atoms with Gasteiger partial charge in [0.05, 0.1) is 0 Å². The third kappa shape index (κ3) is 2.07. The second kappa shape index (κ2) is 3.46. The van der Waals surface area contributed by atoms with Gasteiger partial charge < -0.3 is 5.32 Å². The first-order valence-corrected chi connectivity index (χ1v) is 4.89. The molecule has 2 rings (SSSR count). The lowest BCUT2D eigenvalue weighted by Crippen LogP contribution is -2.22. The summed E-state index contributed by atoms with van der Waals surface area (Å²) in [5.41, 5.74) is 1.76. The zero-order valence-corrected chi connectivity index (χ0v) is 8.09. The fraction of sp³-hybridized carbons (Fsp3) is 0.545. The first-order chi connectivity index (χ1) is 6.35. The molecule has 2 heteroatoms. The van der Waals surface area contributed by atoms with E-state index < -0.39 is 0 Å². The summed E-state index contributed by atoms with van der Waals surface area (Å²) in [5, 5.41) is 3.26. The van der Waals surface area contributed by atoms with E-state index in [0.29, 0.717) is 5.41 Å². The average Bonchev–Trinajstić information content (AvgIpc) is 2.87. The Morgan fingerprint density at radius 3 is 2.85 bits per heavy atom. The molecule has 1 aromatic heterocycles. The summed E-state index contributed by atoms with van der Waals surface area (Å²) in [7, 11) is 2.03. The van der Waals surface area contributed by atoms with Crippen LogP contribution in [0.2, 0.25) is 0 Å². The number of hydrogen-bond donors (Lipinski definition) is 1. The SMILES string of the molecule is CNCC1(Cc2ccccn2)CC1. The predicted molar refractivity (Wildman–Crippen MR) is 53.5 cm³/mol. The summed E-state index contributed by atoms with van der Waals surface area (Å²) in [4.78, 5) is 4.36. The van der Waals surface area contributed by atoms with Crippen molar-refractivity contribution in [3.63, 3.8) is 0 Å². The molecule has 1 heterocycles. The fourth-order valence-corrected chi connectivity index (χ4v) is 1.85. The van der Waals surface area contributed by atoms with Gasteiger partial charge in [-0.1, -0.05) is 6.07 Å². The largest absolute Gasteiger partial charge is 0.319 e. The number of nitrogens with zero attached hydrogens (tertiary/aromatic N) is 1. The van der Waals surface area contributed by atoms with Crippen LogP contribution in [0.5, 0.6) is 0 Å². The van der Waals surface area contributed by atoms with Crippen molar-refractivity contribution in [2.45, 2.75) is 19.3 Å². The summed E-state index contributed by atoms with van der Waals surface area (Å²) in [5.74, 6) is 0. The van der Waals surface area contributed by atoms with E-state index in [9.17, 15) is 0 Å². The molecule has 0 atom stereocenters. The smallest absolute Gasteiger partial charge is 0.0409 e.